The quantitative estimate of drug-likeness (QED) is 0.857. The zero-order valence-electron chi connectivity index (χ0n) is 11.1. The van der Waals surface area contributed by atoms with Crippen LogP contribution in [0.15, 0.2) is 22.2 Å². The van der Waals surface area contributed by atoms with Crippen LogP contribution in [-0.2, 0) is 4.79 Å². The molecule has 0 aromatic carbocycles. The van der Waals surface area contributed by atoms with Gasteiger partial charge in [0.25, 0.3) is 5.91 Å². The van der Waals surface area contributed by atoms with E-state index in [2.05, 4.69) is 10.3 Å². The van der Waals surface area contributed by atoms with Crippen molar-refractivity contribution in [2.24, 2.45) is 5.92 Å². The maximum absolute atomic E-state index is 12.2. The molecule has 0 radical (unpaired) electrons. The number of carbonyl (C=O) groups excluding carboxylic acids is 1. The van der Waals surface area contributed by atoms with E-state index in [1.807, 2.05) is 16.8 Å². The minimum Gasteiger partial charge on any atom is -0.481 e. The number of nitrogens with zero attached hydrogens (tertiary/aromatic N) is 1. The van der Waals surface area contributed by atoms with Crippen molar-refractivity contribution in [3.05, 3.63) is 27.9 Å². The number of nitrogens with one attached hydrogen (secondary N) is 1. The molecule has 0 saturated heterocycles. The van der Waals surface area contributed by atoms with Crippen molar-refractivity contribution in [2.75, 3.05) is 0 Å². The van der Waals surface area contributed by atoms with Crippen molar-refractivity contribution in [1.82, 2.24) is 10.3 Å². The summed E-state index contributed by atoms with van der Waals surface area (Å²) in [6.07, 6.45) is 1.93. The van der Waals surface area contributed by atoms with Gasteiger partial charge in [0.15, 0.2) is 0 Å². The number of carboxylic acid groups (broad SMARTS) is 1. The maximum Gasteiger partial charge on any atom is 0.305 e. The molecule has 0 aliphatic heterocycles. The summed E-state index contributed by atoms with van der Waals surface area (Å²) in [5.74, 6) is -0.879. The molecule has 21 heavy (non-hydrogen) atoms. The predicted molar refractivity (Wildman–Crippen MR) is 81.7 cm³/mol. The van der Waals surface area contributed by atoms with Gasteiger partial charge in [-0.1, -0.05) is 0 Å². The number of aliphatic carboxylic acids is 1. The largest absolute Gasteiger partial charge is 0.481 e. The molecular weight excluding hydrogens is 308 g/mol. The van der Waals surface area contributed by atoms with Gasteiger partial charge in [0.2, 0.25) is 0 Å². The SMILES string of the molecule is O=C(O)CC(NC(=O)c1csc(-c2ccsc2)n1)C1CC1. The summed E-state index contributed by atoms with van der Waals surface area (Å²) in [5.41, 5.74) is 1.37. The van der Waals surface area contributed by atoms with Crippen LogP contribution >= 0.6 is 22.7 Å². The first-order chi connectivity index (χ1) is 10.1. The molecule has 1 fully saturated rings. The lowest BCUT2D eigenvalue weighted by Crippen LogP contribution is -2.38. The van der Waals surface area contributed by atoms with E-state index in [4.69, 9.17) is 5.11 Å². The molecule has 2 N–H and O–H groups in total. The van der Waals surface area contributed by atoms with Gasteiger partial charge in [-0.05, 0) is 30.2 Å². The van der Waals surface area contributed by atoms with Crippen molar-refractivity contribution in [3.63, 3.8) is 0 Å². The van der Waals surface area contributed by atoms with E-state index >= 15 is 0 Å². The lowest BCUT2D eigenvalue weighted by molar-refractivity contribution is -0.137. The number of thiophene rings is 1. The molecule has 1 atom stereocenters. The fourth-order valence-corrected chi connectivity index (χ4v) is 3.67. The molecule has 2 heterocycles. The molecule has 2 aromatic heterocycles. The second kappa shape index (κ2) is 5.95. The van der Waals surface area contributed by atoms with Gasteiger partial charge in [-0.2, -0.15) is 11.3 Å². The maximum atomic E-state index is 12.2. The molecule has 0 bridgehead atoms. The molecule has 3 rings (SSSR count). The molecule has 1 unspecified atom stereocenters. The highest BCUT2D eigenvalue weighted by molar-refractivity contribution is 7.14. The number of amides is 1. The first kappa shape index (κ1) is 14.2. The number of carbonyl (C=O) groups is 2. The topological polar surface area (TPSA) is 79.3 Å². The van der Waals surface area contributed by atoms with Gasteiger partial charge < -0.3 is 10.4 Å². The van der Waals surface area contributed by atoms with E-state index in [-0.39, 0.29) is 18.4 Å². The van der Waals surface area contributed by atoms with Crippen LogP contribution < -0.4 is 5.32 Å². The fraction of sp³-hybridized carbons (Fsp3) is 0.357. The lowest BCUT2D eigenvalue weighted by Gasteiger charge is -2.15. The summed E-state index contributed by atoms with van der Waals surface area (Å²) < 4.78 is 0. The summed E-state index contributed by atoms with van der Waals surface area (Å²) in [5, 5.41) is 18.2. The highest BCUT2D eigenvalue weighted by atomic mass is 32.1. The Kier molecular flexibility index (Phi) is 4.03. The van der Waals surface area contributed by atoms with Gasteiger partial charge in [-0.25, -0.2) is 4.98 Å². The molecule has 1 aliphatic rings. The Morgan fingerprint density at radius 2 is 2.24 bits per heavy atom. The van der Waals surface area contributed by atoms with E-state index in [1.54, 1.807) is 16.7 Å². The van der Waals surface area contributed by atoms with E-state index in [9.17, 15) is 9.59 Å². The number of rotatable bonds is 6. The molecular formula is C14H14N2O3S2. The van der Waals surface area contributed by atoms with Crippen molar-refractivity contribution in [3.8, 4) is 10.6 Å². The van der Waals surface area contributed by atoms with E-state index in [1.165, 1.54) is 11.3 Å². The van der Waals surface area contributed by atoms with Gasteiger partial charge in [0.05, 0.1) is 6.42 Å². The first-order valence-corrected chi connectivity index (χ1v) is 8.46. The van der Waals surface area contributed by atoms with Crippen LogP contribution in [0.5, 0.6) is 0 Å². The number of aromatic nitrogens is 1. The molecule has 1 saturated carbocycles. The molecule has 1 aliphatic carbocycles. The van der Waals surface area contributed by atoms with Crippen molar-refractivity contribution in [2.45, 2.75) is 25.3 Å². The highest BCUT2D eigenvalue weighted by Crippen LogP contribution is 2.34. The lowest BCUT2D eigenvalue weighted by atomic mass is 10.1. The summed E-state index contributed by atoms with van der Waals surface area (Å²) >= 11 is 3.00. The normalized spacial score (nSPS) is 15.6. The standard InChI is InChI=1S/C14H14N2O3S2/c17-12(18)5-10(8-1-2-8)15-13(19)11-7-21-14(16-11)9-3-4-20-6-9/h3-4,6-8,10H,1-2,5H2,(H,15,19)(H,17,18). The predicted octanol–water partition coefficient (Wildman–Crippen LogP) is 2.85. The minimum absolute atomic E-state index is 0.0298. The zero-order chi connectivity index (χ0) is 14.8. The third-order valence-electron chi connectivity index (χ3n) is 3.41. The minimum atomic E-state index is -0.885. The van der Waals surface area contributed by atoms with Crippen LogP contribution in [0.2, 0.25) is 0 Å². The van der Waals surface area contributed by atoms with Gasteiger partial charge >= 0.3 is 5.97 Å². The second-order valence-corrected chi connectivity index (χ2v) is 6.70. The van der Waals surface area contributed by atoms with Gasteiger partial charge in [-0.3, -0.25) is 9.59 Å². The van der Waals surface area contributed by atoms with Gasteiger partial charge in [0, 0.05) is 22.4 Å². The van der Waals surface area contributed by atoms with E-state index in [0.717, 1.165) is 23.4 Å². The Bertz CT molecular complexity index is 647. The number of carboxylic acids is 1. The third kappa shape index (κ3) is 3.48. The molecule has 7 heteroatoms. The van der Waals surface area contributed by atoms with Crippen LogP contribution in [0.25, 0.3) is 10.6 Å². The fourth-order valence-electron chi connectivity index (χ4n) is 2.16. The van der Waals surface area contributed by atoms with E-state index < -0.39 is 5.97 Å². The van der Waals surface area contributed by atoms with Crippen molar-refractivity contribution >= 4 is 34.6 Å². The second-order valence-electron chi connectivity index (χ2n) is 5.07. The van der Waals surface area contributed by atoms with Crippen LogP contribution in [-0.4, -0.2) is 28.0 Å². The Morgan fingerprint density at radius 3 is 2.86 bits per heavy atom. The first-order valence-electron chi connectivity index (χ1n) is 6.64. The molecule has 1 amide bonds. The molecule has 0 spiro atoms. The van der Waals surface area contributed by atoms with Gasteiger partial charge in [0.1, 0.15) is 10.7 Å². The summed E-state index contributed by atoms with van der Waals surface area (Å²) in [7, 11) is 0. The highest BCUT2D eigenvalue weighted by Gasteiger charge is 2.34. The van der Waals surface area contributed by atoms with Crippen LogP contribution in [0.3, 0.4) is 0 Å². The Morgan fingerprint density at radius 1 is 1.43 bits per heavy atom. The smallest absolute Gasteiger partial charge is 0.305 e. The van der Waals surface area contributed by atoms with Crippen LogP contribution in [0.4, 0.5) is 0 Å². The summed E-state index contributed by atoms with van der Waals surface area (Å²) in [4.78, 5) is 27.4. The zero-order valence-corrected chi connectivity index (χ0v) is 12.7. The monoisotopic (exact) mass is 322 g/mol. The average Bonchev–Trinajstić information content (AvgIpc) is 2.95. The molecule has 110 valence electrons. The van der Waals surface area contributed by atoms with Crippen molar-refractivity contribution < 1.29 is 14.7 Å². The number of hydrogen-bond acceptors (Lipinski definition) is 5. The Labute approximate surface area is 129 Å². The Balaban J connectivity index is 1.68. The van der Waals surface area contributed by atoms with Crippen LogP contribution in [0, 0.1) is 5.92 Å². The summed E-state index contributed by atoms with van der Waals surface area (Å²) in [6.45, 7) is 0. The number of hydrogen-bond donors (Lipinski definition) is 2. The van der Waals surface area contributed by atoms with Gasteiger partial charge in [-0.15, -0.1) is 11.3 Å². The van der Waals surface area contributed by atoms with Crippen molar-refractivity contribution in [1.29, 1.82) is 0 Å². The van der Waals surface area contributed by atoms with Crippen LogP contribution in [0.1, 0.15) is 29.8 Å². The average molecular weight is 322 g/mol. The Hall–Kier alpha value is -1.73. The number of thiazole rings is 1. The molecule has 2 aromatic rings. The van der Waals surface area contributed by atoms with E-state index in [0.29, 0.717) is 11.6 Å². The molecule has 5 nitrogen and oxygen atoms in total. The third-order valence-corrected chi connectivity index (χ3v) is 4.98. The summed E-state index contributed by atoms with van der Waals surface area (Å²) in [6, 6.07) is 1.67.